The molecule has 0 radical (unpaired) electrons. The third-order valence-electron chi connectivity index (χ3n) is 3.34. The van der Waals surface area contributed by atoms with Gasteiger partial charge in [0.1, 0.15) is 6.33 Å². The summed E-state index contributed by atoms with van der Waals surface area (Å²) in [4.78, 5) is 0. The second-order valence-electron chi connectivity index (χ2n) is 5.77. The van der Waals surface area contributed by atoms with Crippen molar-refractivity contribution in [2.75, 3.05) is 0 Å². The standard InChI is InChI=1S/C15H23N5/c1-11(2)8-12(3)17-13(4)14-6-5-7-15(9-14)20-10-16-18-19-20/h5-7,9-13,17H,8H2,1-4H3. The summed E-state index contributed by atoms with van der Waals surface area (Å²) in [7, 11) is 0. The van der Waals surface area contributed by atoms with Gasteiger partial charge in [-0.05, 0) is 54.3 Å². The van der Waals surface area contributed by atoms with Crippen molar-refractivity contribution in [3.63, 3.8) is 0 Å². The Kier molecular flexibility index (Phi) is 4.84. The zero-order valence-electron chi connectivity index (χ0n) is 12.6. The van der Waals surface area contributed by atoms with Crippen LogP contribution in [0.5, 0.6) is 0 Å². The first-order valence-corrected chi connectivity index (χ1v) is 7.15. The predicted molar refractivity (Wildman–Crippen MR) is 79.6 cm³/mol. The molecular weight excluding hydrogens is 250 g/mol. The van der Waals surface area contributed by atoms with E-state index in [1.54, 1.807) is 11.0 Å². The predicted octanol–water partition coefficient (Wildman–Crippen LogP) is 2.75. The van der Waals surface area contributed by atoms with Crippen LogP contribution in [-0.4, -0.2) is 26.2 Å². The number of nitrogens with zero attached hydrogens (tertiary/aromatic N) is 4. The van der Waals surface area contributed by atoms with Gasteiger partial charge < -0.3 is 5.32 Å². The summed E-state index contributed by atoms with van der Waals surface area (Å²) in [6, 6.07) is 9.10. The Morgan fingerprint density at radius 1 is 1.20 bits per heavy atom. The molecule has 0 fully saturated rings. The Hall–Kier alpha value is -1.75. The van der Waals surface area contributed by atoms with Gasteiger partial charge in [0.15, 0.2) is 0 Å². The molecule has 5 heteroatoms. The average Bonchev–Trinajstić information content (AvgIpc) is 2.91. The van der Waals surface area contributed by atoms with Gasteiger partial charge in [0.2, 0.25) is 0 Å². The molecule has 20 heavy (non-hydrogen) atoms. The van der Waals surface area contributed by atoms with Gasteiger partial charge in [-0.2, -0.15) is 0 Å². The molecule has 2 unspecified atom stereocenters. The lowest BCUT2D eigenvalue weighted by Crippen LogP contribution is -2.30. The Morgan fingerprint density at radius 3 is 2.65 bits per heavy atom. The zero-order valence-corrected chi connectivity index (χ0v) is 12.6. The molecule has 0 saturated heterocycles. The number of benzene rings is 1. The fourth-order valence-electron chi connectivity index (χ4n) is 2.51. The highest BCUT2D eigenvalue weighted by Gasteiger charge is 2.11. The number of nitrogens with one attached hydrogen (secondary N) is 1. The maximum absolute atomic E-state index is 3.92. The van der Waals surface area contributed by atoms with E-state index in [0.717, 1.165) is 5.69 Å². The van der Waals surface area contributed by atoms with E-state index in [1.165, 1.54) is 12.0 Å². The van der Waals surface area contributed by atoms with E-state index in [9.17, 15) is 0 Å². The van der Waals surface area contributed by atoms with Crippen LogP contribution in [0.3, 0.4) is 0 Å². The van der Waals surface area contributed by atoms with Crippen LogP contribution < -0.4 is 5.32 Å². The quantitative estimate of drug-likeness (QED) is 0.879. The highest BCUT2D eigenvalue weighted by Crippen LogP contribution is 2.18. The lowest BCUT2D eigenvalue weighted by Gasteiger charge is -2.22. The first-order chi connectivity index (χ1) is 9.56. The minimum atomic E-state index is 0.306. The van der Waals surface area contributed by atoms with Gasteiger partial charge in [-0.25, -0.2) is 4.68 Å². The fraction of sp³-hybridized carbons (Fsp3) is 0.533. The van der Waals surface area contributed by atoms with Crippen molar-refractivity contribution in [2.24, 2.45) is 5.92 Å². The van der Waals surface area contributed by atoms with Gasteiger partial charge in [0, 0.05) is 12.1 Å². The highest BCUT2D eigenvalue weighted by molar-refractivity contribution is 5.35. The second-order valence-corrected chi connectivity index (χ2v) is 5.77. The molecule has 108 valence electrons. The molecule has 1 heterocycles. The normalized spacial score (nSPS) is 14.4. The summed E-state index contributed by atoms with van der Waals surface area (Å²) in [5.41, 5.74) is 2.23. The van der Waals surface area contributed by atoms with Gasteiger partial charge >= 0.3 is 0 Å². The van der Waals surface area contributed by atoms with Gasteiger partial charge in [0.05, 0.1) is 5.69 Å². The summed E-state index contributed by atoms with van der Waals surface area (Å²) in [6.45, 7) is 8.93. The first-order valence-electron chi connectivity index (χ1n) is 7.15. The Labute approximate surface area is 120 Å². The van der Waals surface area contributed by atoms with Crippen molar-refractivity contribution in [1.29, 1.82) is 0 Å². The second kappa shape index (κ2) is 6.61. The summed E-state index contributed by atoms with van der Waals surface area (Å²) >= 11 is 0. The summed E-state index contributed by atoms with van der Waals surface area (Å²) < 4.78 is 1.67. The van der Waals surface area contributed by atoms with Crippen molar-refractivity contribution in [3.05, 3.63) is 36.2 Å². The minimum Gasteiger partial charge on any atom is -0.308 e. The highest BCUT2D eigenvalue weighted by atomic mass is 15.5. The summed E-state index contributed by atoms with van der Waals surface area (Å²) in [5, 5.41) is 14.9. The number of rotatable bonds is 6. The van der Waals surface area contributed by atoms with Crippen LogP contribution in [0.1, 0.15) is 45.7 Å². The van der Waals surface area contributed by atoms with Crippen molar-refractivity contribution < 1.29 is 0 Å². The third-order valence-corrected chi connectivity index (χ3v) is 3.34. The van der Waals surface area contributed by atoms with Crippen LogP contribution in [0.25, 0.3) is 5.69 Å². The topological polar surface area (TPSA) is 55.6 Å². The molecule has 1 aromatic carbocycles. The molecule has 0 spiro atoms. The van der Waals surface area contributed by atoms with Crippen LogP contribution in [0, 0.1) is 5.92 Å². The van der Waals surface area contributed by atoms with Gasteiger partial charge in [0.25, 0.3) is 0 Å². The van der Waals surface area contributed by atoms with Crippen LogP contribution in [0.2, 0.25) is 0 Å². The van der Waals surface area contributed by atoms with E-state index in [0.29, 0.717) is 18.0 Å². The summed E-state index contributed by atoms with van der Waals surface area (Å²) in [5.74, 6) is 0.706. The lowest BCUT2D eigenvalue weighted by atomic mass is 10.0. The van der Waals surface area contributed by atoms with Crippen molar-refractivity contribution in [1.82, 2.24) is 25.5 Å². The molecule has 2 aromatic rings. The van der Waals surface area contributed by atoms with Crippen LogP contribution >= 0.6 is 0 Å². The van der Waals surface area contributed by atoms with E-state index in [-0.39, 0.29) is 0 Å². The maximum atomic E-state index is 3.92. The third kappa shape index (κ3) is 3.87. The molecule has 0 aliphatic heterocycles. The smallest absolute Gasteiger partial charge is 0.143 e. The molecule has 0 saturated carbocycles. The SMILES string of the molecule is CC(C)CC(C)NC(C)c1cccc(-n2cnnn2)c1. The molecule has 0 aliphatic carbocycles. The minimum absolute atomic E-state index is 0.306. The van der Waals surface area contributed by atoms with E-state index in [2.05, 4.69) is 60.7 Å². The molecule has 1 N–H and O–H groups in total. The molecule has 0 amide bonds. The maximum Gasteiger partial charge on any atom is 0.143 e. The molecule has 2 atom stereocenters. The number of hydrogen-bond donors (Lipinski definition) is 1. The zero-order chi connectivity index (χ0) is 14.5. The average molecular weight is 273 g/mol. The molecule has 1 aromatic heterocycles. The Morgan fingerprint density at radius 2 is 2.00 bits per heavy atom. The first kappa shape index (κ1) is 14.7. The monoisotopic (exact) mass is 273 g/mol. The van der Waals surface area contributed by atoms with Gasteiger partial charge in [-0.3, -0.25) is 0 Å². The Bertz CT molecular complexity index is 521. The number of hydrogen-bond acceptors (Lipinski definition) is 4. The van der Waals surface area contributed by atoms with Crippen molar-refractivity contribution >= 4 is 0 Å². The van der Waals surface area contributed by atoms with E-state index < -0.39 is 0 Å². The molecule has 0 aliphatic rings. The molecule has 5 nitrogen and oxygen atoms in total. The Balaban J connectivity index is 2.07. The largest absolute Gasteiger partial charge is 0.308 e. The van der Waals surface area contributed by atoms with E-state index >= 15 is 0 Å². The molecular formula is C15H23N5. The number of aromatic nitrogens is 4. The van der Waals surface area contributed by atoms with Gasteiger partial charge in [-0.1, -0.05) is 26.0 Å². The van der Waals surface area contributed by atoms with E-state index in [4.69, 9.17) is 0 Å². The number of tetrazole rings is 1. The van der Waals surface area contributed by atoms with Crippen LogP contribution in [0.15, 0.2) is 30.6 Å². The van der Waals surface area contributed by atoms with Crippen molar-refractivity contribution in [2.45, 2.75) is 46.2 Å². The van der Waals surface area contributed by atoms with Crippen LogP contribution in [0.4, 0.5) is 0 Å². The van der Waals surface area contributed by atoms with Crippen molar-refractivity contribution in [3.8, 4) is 5.69 Å². The van der Waals surface area contributed by atoms with E-state index in [1.807, 2.05) is 12.1 Å². The molecule has 2 rings (SSSR count). The van der Waals surface area contributed by atoms with Crippen LogP contribution in [-0.2, 0) is 0 Å². The fourth-order valence-corrected chi connectivity index (χ4v) is 2.51. The lowest BCUT2D eigenvalue weighted by molar-refractivity contribution is 0.407. The summed E-state index contributed by atoms with van der Waals surface area (Å²) in [6.07, 6.45) is 2.79. The van der Waals surface area contributed by atoms with Gasteiger partial charge in [-0.15, -0.1) is 5.10 Å². The molecule has 0 bridgehead atoms.